The summed E-state index contributed by atoms with van der Waals surface area (Å²) in [6, 6.07) is 10.2. The molecule has 3 rings (SSSR count). The molecular formula is C16H8ClF3N2S. The number of rotatable bonds is 1. The van der Waals surface area contributed by atoms with Crippen molar-refractivity contribution in [3.63, 3.8) is 0 Å². The minimum atomic E-state index is -4.43. The molecule has 0 amide bonds. The molecule has 2 aromatic carbocycles. The average Bonchev–Trinajstić information content (AvgIpc) is 2.65. The van der Waals surface area contributed by atoms with Crippen LogP contribution in [-0.2, 0) is 6.18 Å². The van der Waals surface area contributed by atoms with Crippen LogP contribution in [0, 0.1) is 4.64 Å². The molecule has 0 aliphatic carbocycles. The summed E-state index contributed by atoms with van der Waals surface area (Å²) in [7, 11) is 0. The average molecular weight is 353 g/mol. The highest BCUT2D eigenvalue weighted by molar-refractivity contribution is 7.71. The van der Waals surface area contributed by atoms with Crippen molar-refractivity contribution in [3.8, 4) is 11.3 Å². The summed E-state index contributed by atoms with van der Waals surface area (Å²) in [5.41, 5.74) is 0.525. The predicted molar refractivity (Wildman–Crippen MR) is 85.8 cm³/mol. The van der Waals surface area contributed by atoms with Gasteiger partial charge in [-0.3, -0.25) is 4.98 Å². The number of hydrogen-bond donors (Lipinski definition) is 0. The van der Waals surface area contributed by atoms with Crippen LogP contribution >= 0.6 is 23.8 Å². The van der Waals surface area contributed by atoms with Gasteiger partial charge in [-0.1, -0.05) is 42.0 Å². The van der Waals surface area contributed by atoms with E-state index in [0.717, 1.165) is 12.1 Å². The third-order valence-electron chi connectivity index (χ3n) is 3.24. The molecule has 0 unspecified atom stereocenters. The first-order valence-corrected chi connectivity index (χ1v) is 7.28. The lowest BCUT2D eigenvalue weighted by Gasteiger charge is -2.05. The fraction of sp³-hybridized carbons (Fsp3) is 0.0625. The fourth-order valence-corrected chi connectivity index (χ4v) is 2.61. The van der Waals surface area contributed by atoms with Crippen LogP contribution in [0.15, 0.2) is 48.7 Å². The summed E-state index contributed by atoms with van der Waals surface area (Å²) in [6.45, 7) is 0. The van der Waals surface area contributed by atoms with E-state index in [1.165, 1.54) is 12.3 Å². The number of alkyl halides is 3. The van der Waals surface area contributed by atoms with Crippen LogP contribution in [0.3, 0.4) is 0 Å². The molecule has 0 radical (unpaired) electrons. The van der Waals surface area contributed by atoms with Gasteiger partial charge in [0.2, 0.25) is 0 Å². The van der Waals surface area contributed by atoms with Gasteiger partial charge in [-0.15, -0.1) is 0 Å². The molecule has 0 N–H and O–H groups in total. The van der Waals surface area contributed by atoms with Gasteiger partial charge in [-0.2, -0.15) is 13.2 Å². The SMILES string of the molecule is FC(F)(F)c1ccc2nc(=S)c(-c3ccccc3Cl)ncc2c1. The molecule has 0 spiro atoms. The van der Waals surface area contributed by atoms with E-state index < -0.39 is 11.7 Å². The van der Waals surface area contributed by atoms with Crippen molar-refractivity contribution in [3.05, 3.63) is 63.9 Å². The second-order valence-corrected chi connectivity index (χ2v) is 5.57. The largest absolute Gasteiger partial charge is 0.416 e. The van der Waals surface area contributed by atoms with E-state index in [-0.39, 0.29) is 10.0 Å². The van der Waals surface area contributed by atoms with E-state index in [2.05, 4.69) is 9.97 Å². The summed E-state index contributed by atoms with van der Waals surface area (Å²) >= 11 is 11.4. The van der Waals surface area contributed by atoms with Crippen LogP contribution in [0.2, 0.25) is 5.02 Å². The molecule has 3 aromatic rings. The molecule has 0 bridgehead atoms. The van der Waals surface area contributed by atoms with Crippen molar-refractivity contribution in [1.29, 1.82) is 0 Å². The molecule has 7 heteroatoms. The Labute approximate surface area is 139 Å². The number of hydrogen-bond acceptors (Lipinski definition) is 3. The molecule has 0 aliphatic rings. The Kier molecular flexibility index (Phi) is 4.04. The zero-order valence-electron chi connectivity index (χ0n) is 11.4. The monoisotopic (exact) mass is 352 g/mol. The summed E-state index contributed by atoms with van der Waals surface area (Å²) in [4.78, 5) is 8.41. The quantitative estimate of drug-likeness (QED) is 0.525. The highest BCUT2D eigenvalue weighted by Gasteiger charge is 2.30. The lowest BCUT2D eigenvalue weighted by Crippen LogP contribution is -2.04. The Morgan fingerprint density at radius 1 is 1.04 bits per heavy atom. The van der Waals surface area contributed by atoms with Gasteiger partial charge in [0.05, 0.1) is 16.1 Å². The van der Waals surface area contributed by atoms with Crippen molar-refractivity contribution >= 4 is 34.7 Å². The highest BCUT2D eigenvalue weighted by atomic mass is 35.5. The van der Waals surface area contributed by atoms with Crippen LogP contribution in [0.25, 0.3) is 22.2 Å². The standard InChI is InChI=1S/C16H8ClF3N2S/c17-12-4-2-1-3-11(12)14-15(23)22-13-6-5-10(16(18,19)20)7-9(13)8-21-14/h1-8H. The Morgan fingerprint density at radius 2 is 1.78 bits per heavy atom. The van der Waals surface area contributed by atoms with E-state index >= 15 is 0 Å². The number of aromatic nitrogens is 2. The molecule has 116 valence electrons. The molecule has 1 heterocycles. The number of halogens is 4. The maximum Gasteiger partial charge on any atom is 0.416 e. The second-order valence-electron chi connectivity index (χ2n) is 4.77. The predicted octanol–water partition coefficient (Wildman–Crippen LogP) is 5.70. The van der Waals surface area contributed by atoms with Gasteiger partial charge in [0.25, 0.3) is 0 Å². The smallest absolute Gasteiger partial charge is 0.252 e. The molecule has 0 saturated heterocycles. The molecule has 1 aromatic heterocycles. The van der Waals surface area contributed by atoms with Gasteiger partial charge in [-0.25, -0.2) is 4.98 Å². The Hall–Kier alpha value is -2.05. The van der Waals surface area contributed by atoms with E-state index in [1.54, 1.807) is 24.3 Å². The highest BCUT2D eigenvalue weighted by Crippen LogP contribution is 2.31. The minimum Gasteiger partial charge on any atom is -0.252 e. The van der Waals surface area contributed by atoms with Gasteiger partial charge >= 0.3 is 6.18 Å². The van der Waals surface area contributed by atoms with Gasteiger partial charge in [-0.05, 0) is 24.3 Å². The van der Waals surface area contributed by atoms with Gasteiger partial charge in [0.1, 0.15) is 5.69 Å². The van der Waals surface area contributed by atoms with Crippen LogP contribution < -0.4 is 0 Å². The van der Waals surface area contributed by atoms with Crippen LogP contribution in [0.4, 0.5) is 13.2 Å². The zero-order valence-corrected chi connectivity index (χ0v) is 13.0. The number of fused-ring (bicyclic) bond motifs is 1. The fourth-order valence-electron chi connectivity index (χ4n) is 2.13. The first-order chi connectivity index (χ1) is 10.9. The van der Waals surface area contributed by atoms with Gasteiger partial charge in [0, 0.05) is 17.1 Å². The van der Waals surface area contributed by atoms with E-state index in [1.807, 2.05) is 0 Å². The second kappa shape index (κ2) is 5.86. The van der Waals surface area contributed by atoms with Crippen molar-refractivity contribution < 1.29 is 13.2 Å². The first kappa shape index (κ1) is 15.8. The van der Waals surface area contributed by atoms with Gasteiger partial charge in [0.15, 0.2) is 4.64 Å². The maximum absolute atomic E-state index is 12.8. The Bertz CT molecular complexity index is 958. The van der Waals surface area contributed by atoms with Crippen molar-refractivity contribution in [1.82, 2.24) is 9.97 Å². The third-order valence-corrected chi connectivity index (χ3v) is 3.86. The number of nitrogens with zero attached hydrogens (tertiary/aromatic N) is 2. The number of benzene rings is 2. The lowest BCUT2D eigenvalue weighted by atomic mass is 10.1. The zero-order chi connectivity index (χ0) is 16.6. The summed E-state index contributed by atoms with van der Waals surface area (Å²) in [6.07, 6.45) is -3.10. The van der Waals surface area contributed by atoms with Crippen LogP contribution in [0.1, 0.15) is 5.56 Å². The van der Waals surface area contributed by atoms with Crippen molar-refractivity contribution in [2.24, 2.45) is 0 Å². The molecular weight excluding hydrogens is 345 g/mol. The Morgan fingerprint density at radius 3 is 2.48 bits per heavy atom. The topological polar surface area (TPSA) is 25.8 Å². The molecule has 0 atom stereocenters. The first-order valence-electron chi connectivity index (χ1n) is 6.49. The summed E-state index contributed by atoms with van der Waals surface area (Å²) < 4.78 is 38.6. The van der Waals surface area contributed by atoms with E-state index in [4.69, 9.17) is 23.8 Å². The van der Waals surface area contributed by atoms with Crippen molar-refractivity contribution in [2.75, 3.05) is 0 Å². The van der Waals surface area contributed by atoms with Crippen LogP contribution in [0.5, 0.6) is 0 Å². The summed E-state index contributed by atoms with van der Waals surface area (Å²) in [5, 5.41) is 0.698. The van der Waals surface area contributed by atoms with Crippen molar-refractivity contribution in [2.45, 2.75) is 6.18 Å². The minimum absolute atomic E-state index is 0.174. The normalized spacial score (nSPS) is 11.7. The molecule has 2 nitrogen and oxygen atoms in total. The van der Waals surface area contributed by atoms with Gasteiger partial charge < -0.3 is 0 Å². The molecule has 0 aliphatic heterocycles. The molecule has 23 heavy (non-hydrogen) atoms. The molecule has 0 saturated carbocycles. The maximum atomic E-state index is 12.8. The lowest BCUT2D eigenvalue weighted by molar-refractivity contribution is -0.137. The van der Waals surface area contributed by atoms with E-state index in [9.17, 15) is 13.2 Å². The molecule has 0 fully saturated rings. The summed E-state index contributed by atoms with van der Waals surface area (Å²) in [5.74, 6) is 0. The van der Waals surface area contributed by atoms with E-state index in [0.29, 0.717) is 21.8 Å². The Balaban J connectivity index is 2.26. The third kappa shape index (κ3) is 3.18. The van der Waals surface area contributed by atoms with Crippen LogP contribution in [-0.4, -0.2) is 9.97 Å².